The van der Waals surface area contributed by atoms with E-state index < -0.39 is 6.10 Å². The number of para-hydroxylation sites is 1. The number of likely N-dealkylation sites (N-methyl/N-ethyl adjacent to an activating group) is 1. The number of carbonyl (C=O) groups is 1. The molecule has 2 aromatic carbocycles. The van der Waals surface area contributed by atoms with E-state index in [0.717, 1.165) is 5.69 Å². The van der Waals surface area contributed by atoms with Crippen LogP contribution >= 0.6 is 0 Å². The molecule has 0 bridgehead atoms. The molecule has 0 aliphatic rings. The van der Waals surface area contributed by atoms with Crippen LogP contribution in [0.3, 0.4) is 0 Å². The van der Waals surface area contributed by atoms with Crippen molar-refractivity contribution in [1.29, 1.82) is 0 Å². The Labute approximate surface area is 124 Å². The fraction of sp³-hybridized carbons (Fsp3) is 0.235. The van der Waals surface area contributed by atoms with Gasteiger partial charge in [0.15, 0.2) is 6.10 Å². The largest absolute Gasteiger partial charge is 0.497 e. The van der Waals surface area contributed by atoms with Crippen molar-refractivity contribution in [2.75, 3.05) is 19.1 Å². The Morgan fingerprint density at radius 2 is 1.71 bits per heavy atom. The van der Waals surface area contributed by atoms with Crippen LogP contribution in [0.2, 0.25) is 0 Å². The molecule has 0 radical (unpaired) electrons. The number of hydrogen-bond donors (Lipinski definition) is 0. The Morgan fingerprint density at radius 3 is 2.38 bits per heavy atom. The van der Waals surface area contributed by atoms with Gasteiger partial charge in [0.25, 0.3) is 5.91 Å². The van der Waals surface area contributed by atoms with Crippen LogP contribution in [0.25, 0.3) is 0 Å². The van der Waals surface area contributed by atoms with Gasteiger partial charge in [0, 0.05) is 18.8 Å². The van der Waals surface area contributed by atoms with Crippen molar-refractivity contribution in [3.05, 3.63) is 54.6 Å². The van der Waals surface area contributed by atoms with Crippen molar-refractivity contribution in [3.8, 4) is 11.5 Å². The van der Waals surface area contributed by atoms with Gasteiger partial charge in [-0.25, -0.2) is 0 Å². The summed E-state index contributed by atoms with van der Waals surface area (Å²) in [6.45, 7) is 1.74. The van der Waals surface area contributed by atoms with Crippen molar-refractivity contribution in [2.45, 2.75) is 13.0 Å². The van der Waals surface area contributed by atoms with Crippen LogP contribution in [-0.2, 0) is 4.79 Å². The van der Waals surface area contributed by atoms with Gasteiger partial charge in [-0.2, -0.15) is 0 Å². The van der Waals surface area contributed by atoms with Gasteiger partial charge in [-0.15, -0.1) is 0 Å². The number of methoxy groups -OCH3 is 1. The Bertz CT molecular complexity index is 598. The molecule has 0 spiro atoms. The zero-order valence-electron chi connectivity index (χ0n) is 12.4. The van der Waals surface area contributed by atoms with Crippen LogP contribution in [0.15, 0.2) is 54.6 Å². The highest BCUT2D eigenvalue weighted by Gasteiger charge is 2.20. The maximum Gasteiger partial charge on any atom is 0.267 e. The van der Waals surface area contributed by atoms with Crippen molar-refractivity contribution in [3.63, 3.8) is 0 Å². The van der Waals surface area contributed by atoms with Crippen LogP contribution in [0.5, 0.6) is 11.5 Å². The van der Waals surface area contributed by atoms with E-state index in [-0.39, 0.29) is 5.91 Å². The number of hydrogen-bond acceptors (Lipinski definition) is 3. The van der Waals surface area contributed by atoms with Crippen LogP contribution in [-0.4, -0.2) is 26.2 Å². The second kappa shape index (κ2) is 6.79. The van der Waals surface area contributed by atoms with Crippen LogP contribution in [0.1, 0.15) is 6.92 Å². The number of carbonyl (C=O) groups excluding carboxylic acids is 1. The van der Waals surface area contributed by atoms with Gasteiger partial charge in [0.05, 0.1) is 7.11 Å². The third-order valence-electron chi connectivity index (χ3n) is 3.18. The molecule has 0 saturated heterocycles. The van der Waals surface area contributed by atoms with Crippen molar-refractivity contribution < 1.29 is 14.3 Å². The maximum absolute atomic E-state index is 12.4. The van der Waals surface area contributed by atoms with Crippen LogP contribution in [0.4, 0.5) is 5.69 Å². The summed E-state index contributed by atoms with van der Waals surface area (Å²) < 4.78 is 10.8. The first kappa shape index (κ1) is 14.9. The van der Waals surface area contributed by atoms with E-state index >= 15 is 0 Å². The van der Waals surface area contributed by atoms with Gasteiger partial charge in [-0.3, -0.25) is 4.79 Å². The van der Waals surface area contributed by atoms with E-state index in [1.807, 2.05) is 42.5 Å². The lowest BCUT2D eigenvalue weighted by molar-refractivity contribution is -0.124. The van der Waals surface area contributed by atoms with Gasteiger partial charge < -0.3 is 14.4 Å². The SMILES string of the molecule is COc1cccc(OC(C)C(=O)N(C)c2ccccc2)c1. The minimum Gasteiger partial charge on any atom is -0.497 e. The first-order chi connectivity index (χ1) is 10.1. The zero-order chi connectivity index (χ0) is 15.2. The van der Waals surface area contributed by atoms with E-state index in [1.54, 1.807) is 38.1 Å². The average Bonchev–Trinajstić information content (AvgIpc) is 2.54. The summed E-state index contributed by atoms with van der Waals surface area (Å²) in [6, 6.07) is 16.7. The predicted octanol–water partition coefficient (Wildman–Crippen LogP) is 3.13. The minimum atomic E-state index is -0.581. The summed E-state index contributed by atoms with van der Waals surface area (Å²) >= 11 is 0. The highest BCUT2D eigenvalue weighted by Crippen LogP contribution is 2.21. The standard InChI is InChI=1S/C17H19NO3/c1-13(21-16-11-7-10-15(12-16)20-3)17(19)18(2)14-8-5-4-6-9-14/h4-13H,1-3H3. The fourth-order valence-corrected chi connectivity index (χ4v) is 1.98. The Balaban J connectivity index is 2.05. The predicted molar refractivity (Wildman–Crippen MR) is 82.9 cm³/mol. The molecule has 0 N–H and O–H groups in total. The van der Waals surface area contributed by atoms with E-state index in [1.165, 1.54) is 0 Å². The second-order valence-corrected chi connectivity index (χ2v) is 4.67. The smallest absolute Gasteiger partial charge is 0.267 e. The van der Waals surface area contributed by atoms with E-state index in [9.17, 15) is 4.79 Å². The highest BCUT2D eigenvalue weighted by atomic mass is 16.5. The van der Waals surface area contributed by atoms with Crippen molar-refractivity contribution >= 4 is 11.6 Å². The summed E-state index contributed by atoms with van der Waals surface area (Å²) in [5.41, 5.74) is 0.837. The van der Waals surface area contributed by atoms with Crippen molar-refractivity contribution in [1.82, 2.24) is 0 Å². The molecule has 0 aliphatic heterocycles. The summed E-state index contributed by atoms with van der Waals surface area (Å²) in [5.74, 6) is 1.20. The Hall–Kier alpha value is -2.49. The van der Waals surface area contributed by atoms with Gasteiger partial charge in [0.2, 0.25) is 0 Å². The number of benzene rings is 2. The molecule has 0 aliphatic carbocycles. The minimum absolute atomic E-state index is 0.107. The Kier molecular flexibility index (Phi) is 4.82. The Morgan fingerprint density at radius 1 is 1.05 bits per heavy atom. The zero-order valence-corrected chi connectivity index (χ0v) is 12.4. The van der Waals surface area contributed by atoms with Gasteiger partial charge >= 0.3 is 0 Å². The summed E-state index contributed by atoms with van der Waals surface area (Å²) in [7, 11) is 3.33. The van der Waals surface area contributed by atoms with E-state index in [0.29, 0.717) is 11.5 Å². The third kappa shape index (κ3) is 3.75. The van der Waals surface area contributed by atoms with E-state index in [4.69, 9.17) is 9.47 Å². The molecular formula is C17H19NO3. The molecule has 2 rings (SSSR count). The topological polar surface area (TPSA) is 38.8 Å². The molecule has 21 heavy (non-hydrogen) atoms. The molecule has 2 aromatic rings. The molecule has 110 valence electrons. The first-order valence-corrected chi connectivity index (χ1v) is 6.75. The summed E-state index contributed by atoms with van der Waals surface area (Å²) in [6.07, 6.45) is -0.581. The third-order valence-corrected chi connectivity index (χ3v) is 3.18. The van der Waals surface area contributed by atoms with Crippen LogP contribution < -0.4 is 14.4 Å². The van der Waals surface area contributed by atoms with Crippen LogP contribution in [0, 0.1) is 0 Å². The lowest BCUT2D eigenvalue weighted by atomic mass is 10.2. The second-order valence-electron chi connectivity index (χ2n) is 4.67. The maximum atomic E-state index is 12.4. The molecule has 1 unspecified atom stereocenters. The number of amides is 1. The normalized spacial score (nSPS) is 11.6. The highest BCUT2D eigenvalue weighted by molar-refractivity contribution is 5.95. The lowest BCUT2D eigenvalue weighted by Gasteiger charge is -2.22. The molecule has 0 saturated carbocycles. The van der Waals surface area contributed by atoms with Gasteiger partial charge in [-0.05, 0) is 31.2 Å². The van der Waals surface area contributed by atoms with E-state index in [2.05, 4.69) is 0 Å². The molecule has 0 fully saturated rings. The molecule has 0 heterocycles. The fourth-order valence-electron chi connectivity index (χ4n) is 1.98. The molecule has 4 heteroatoms. The summed E-state index contributed by atoms with van der Waals surface area (Å²) in [4.78, 5) is 14.0. The first-order valence-electron chi connectivity index (χ1n) is 6.75. The van der Waals surface area contributed by atoms with Gasteiger partial charge in [-0.1, -0.05) is 24.3 Å². The van der Waals surface area contributed by atoms with Crippen molar-refractivity contribution in [2.24, 2.45) is 0 Å². The summed E-state index contributed by atoms with van der Waals surface area (Å²) in [5, 5.41) is 0. The number of nitrogens with zero attached hydrogens (tertiary/aromatic N) is 1. The molecule has 4 nitrogen and oxygen atoms in total. The molecule has 1 atom stereocenters. The lowest BCUT2D eigenvalue weighted by Crippen LogP contribution is -2.37. The molecule has 0 aromatic heterocycles. The monoisotopic (exact) mass is 285 g/mol. The number of ether oxygens (including phenoxy) is 2. The molecular weight excluding hydrogens is 266 g/mol. The molecule has 1 amide bonds. The van der Waals surface area contributed by atoms with Gasteiger partial charge in [0.1, 0.15) is 11.5 Å². The average molecular weight is 285 g/mol. The quantitative estimate of drug-likeness (QED) is 0.847. The number of rotatable bonds is 5. The number of anilines is 1.